The molecule has 0 radical (unpaired) electrons. The summed E-state index contributed by atoms with van der Waals surface area (Å²) in [7, 11) is 0. The van der Waals surface area contributed by atoms with Crippen LogP contribution in [-0.4, -0.2) is 17.1 Å². The summed E-state index contributed by atoms with van der Waals surface area (Å²) in [4.78, 5) is 10.9. The Morgan fingerprint density at radius 2 is 2.13 bits per heavy atom. The highest BCUT2D eigenvalue weighted by molar-refractivity contribution is 5.89. The highest BCUT2D eigenvalue weighted by Gasteiger charge is 2.07. The van der Waals surface area contributed by atoms with Crippen molar-refractivity contribution in [2.75, 3.05) is 0 Å². The van der Waals surface area contributed by atoms with E-state index in [2.05, 4.69) is 19.2 Å². The summed E-state index contributed by atoms with van der Waals surface area (Å²) in [5.41, 5.74) is 2.19. The number of hydrogen-bond acceptors (Lipinski definition) is 2. The molecule has 2 N–H and O–H groups in total. The van der Waals surface area contributed by atoms with E-state index in [-0.39, 0.29) is 0 Å². The van der Waals surface area contributed by atoms with Gasteiger partial charge in [-0.25, -0.2) is 4.79 Å². The van der Waals surface area contributed by atoms with E-state index in [0.717, 1.165) is 11.1 Å². The smallest absolute Gasteiger partial charge is 0.335 e. The van der Waals surface area contributed by atoms with Crippen LogP contribution in [0.1, 0.15) is 35.3 Å². The van der Waals surface area contributed by atoms with Gasteiger partial charge in [0.15, 0.2) is 0 Å². The summed E-state index contributed by atoms with van der Waals surface area (Å²) in [5.74, 6) is -0.862. The minimum atomic E-state index is -0.862. The minimum Gasteiger partial charge on any atom is -0.478 e. The number of hydrogen-bond donors (Lipinski definition) is 2. The molecule has 0 bridgehead atoms. The highest BCUT2D eigenvalue weighted by Crippen LogP contribution is 2.11. The summed E-state index contributed by atoms with van der Waals surface area (Å²) in [6.07, 6.45) is 0. The molecule has 82 valence electrons. The van der Waals surface area contributed by atoms with Crippen LogP contribution in [0.2, 0.25) is 0 Å². The number of carbonyl (C=O) groups is 1. The van der Waals surface area contributed by atoms with Gasteiger partial charge in [0.05, 0.1) is 5.56 Å². The maximum atomic E-state index is 10.9. The van der Waals surface area contributed by atoms with Gasteiger partial charge in [0.2, 0.25) is 0 Å². The van der Waals surface area contributed by atoms with Gasteiger partial charge >= 0.3 is 5.97 Å². The van der Waals surface area contributed by atoms with Crippen LogP contribution in [-0.2, 0) is 6.54 Å². The lowest BCUT2D eigenvalue weighted by molar-refractivity contribution is 0.0696. The maximum Gasteiger partial charge on any atom is 0.335 e. The van der Waals surface area contributed by atoms with E-state index >= 15 is 0 Å². The molecule has 1 rings (SSSR count). The van der Waals surface area contributed by atoms with Crippen molar-refractivity contribution in [1.29, 1.82) is 0 Å². The van der Waals surface area contributed by atoms with Crippen LogP contribution in [0.15, 0.2) is 18.2 Å². The van der Waals surface area contributed by atoms with Crippen molar-refractivity contribution >= 4 is 5.97 Å². The molecule has 0 unspecified atom stereocenters. The molecule has 0 aliphatic carbocycles. The van der Waals surface area contributed by atoms with Crippen molar-refractivity contribution < 1.29 is 9.90 Å². The van der Waals surface area contributed by atoms with Crippen molar-refractivity contribution in [3.63, 3.8) is 0 Å². The first-order valence-electron chi connectivity index (χ1n) is 5.07. The van der Waals surface area contributed by atoms with Crippen LogP contribution in [0, 0.1) is 6.92 Å². The second-order valence-corrected chi connectivity index (χ2v) is 3.99. The molecule has 0 saturated carbocycles. The fourth-order valence-electron chi connectivity index (χ4n) is 1.33. The molecule has 0 aliphatic heterocycles. The molecule has 0 aliphatic rings. The first-order chi connectivity index (χ1) is 7.00. The summed E-state index contributed by atoms with van der Waals surface area (Å²) < 4.78 is 0. The Kier molecular flexibility index (Phi) is 3.86. The molecule has 0 atom stereocenters. The predicted octanol–water partition coefficient (Wildman–Crippen LogP) is 2.19. The van der Waals surface area contributed by atoms with E-state index < -0.39 is 5.97 Å². The molecule has 0 aromatic heterocycles. The molecule has 3 heteroatoms. The van der Waals surface area contributed by atoms with Gasteiger partial charge in [0, 0.05) is 12.6 Å². The Labute approximate surface area is 90.1 Å². The van der Waals surface area contributed by atoms with Crippen LogP contribution in [0.25, 0.3) is 0 Å². The number of nitrogens with one attached hydrogen (secondary N) is 1. The topological polar surface area (TPSA) is 49.3 Å². The Balaban J connectivity index is 2.83. The lowest BCUT2D eigenvalue weighted by Gasteiger charge is -2.09. The van der Waals surface area contributed by atoms with Crippen molar-refractivity contribution in [3.8, 4) is 0 Å². The summed E-state index contributed by atoms with van der Waals surface area (Å²) >= 11 is 0. The Hall–Kier alpha value is -1.35. The summed E-state index contributed by atoms with van der Waals surface area (Å²) in [5, 5.41) is 12.2. The standard InChI is InChI=1S/C12H17NO2/c1-8(2)13-7-10-5-4-9(3)11(6-10)12(14)15/h4-6,8,13H,7H2,1-3H3,(H,14,15). The van der Waals surface area contributed by atoms with Crippen LogP contribution >= 0.6 is 0 Å². The van der Waals surface area contributed by atoms with E-state index in [1.54, 1.807) is 6.07 Å². The summed E-state index contributed by atoms with van der Waals surface area (Å²) in [6, 6.07) is 5.94. The van der Waals surface area contributed by atoms with Crippen LogP contribution < -0.4 is 5.32 Å². The number of carboxylic acids is 1. The molecule has 3 nitrogen and oxygen atoms in total. The zero-order valence-electron chi connectivity index (χ0n) is 9.37. The van der Waals surface area contributed by atoms with E-state index in [1.165, 1.54) is 0 Å². The van der Waals surface area contributed by atoms with Crippen molar-refractivity contribution in [2.45, 2.75) is 33.4 Å². The van der Waals surface area contributed by atoms with E-state index in [9.17, 15) is 4.79 Å². The minimum absolute atomic E-state index is 0.387. The third-order valence-corrected chi connectivity index (χ3v) is 2.25. The van der Waals surface area contributed by atoms with Gasteiger partial charge in [-0.05, 0) is 24.1 Å². The molecule has 0 heterocycles. The van der Waals surface area contributed by atoms with Crippen LogP contribution in [0.3, 0.4) is 0 Å². The number of carboxylic acid groups (broad SMARTS) is 1. The average molecular weight is 207 g/mol. The number of aryl methyl sites for hydroxylation is 1. The fourth-order valence-corrected chi connectivity index (χ4v) is 1.33. The van der Waals surface area contributed by atoms with Crippen LogP contribution in [0.5, 0.6) is 0 Å². The van der Waals surface area contributed by atoms with Crippen molar-refractivity contribution in [3.05, 3.63) is 34.9 Å². The normalized spacial score (nSPS) is 10.7. The molecule has 0 amide bonds. The van der Waals surface area contributed by atoms with Gasteiger partial charge in [-0.15, -0.1) is 0 Å². The van der Waals surface area contributed by atoms with E-state index in [1.807, 2.05) is 19.1 Å². The average Bonchev–Trinajstić information content (AvgIpc) is 2.16. The first-order valence-corrected chi connectivity index (χ1v) is 5.07. The molecule has 0 fully saturated rings. The summed E-state index contributed by atoms with van der Waals surface area (Å²) in [6.45, 7) is 6.64. The Bertz CT molecular complexity index is 359. The Morgan fingerprint density at radius 1 is 1.47 bits per heavy atom. The van der Waals surface area contributed by atoms with Gasteiger partial charge in [-0.1, -0.05) is 26.0 Å². The van der Waals surface area contributed by atoms with Gasteiger partial charge in [0.25, 0.3) is 0 Å². The second kappa shape index (κ2) is 4.94. The quantitative estimate of drug-likeness (QED) is 0.795. The second-order valence-electron chi connectivity index (χ2n) is 3.99. The Morgan fingerprint density at radius 3 is 2.67 bits per heavy atom. The molecular formula is C12H17NO2. The molecule has 0 saturated heterocycles. The lowest BCUT2D eigenvalue weighted by Crippen LogP contribution is -2.22. The van der Waals surface area contributed by atoms with E-state index in [0.29, 0.717) is 18.2 Å². The fraction of sp³-hybridized carbons (Fsp3) is 0.417. The van der Waals surface area contributed by atoms with Crippen molar-refractivity contribution in [1.82, 2.24) is 5.32 Å². The number of rotatable bonds is 4. The zero-order chi connectivity index (χ0) is 11.4. The van der Waals surface area contributed by atoms with Gasteiger partial charge in [-0.2, -0.15) is 0 Å². The molecule has 1 aromatic carbocycles. The first kappa shape index (κ1) is 11.7. The van der Waals surface area contributed by atoms with E-state index in [4.69, 9.17) is 5.11 Å². The maximum absolute atomic E-state index is 10.9. The number of benzene rings is 1. The van der Waals surface area contributed by atoms with Crippen molar-refractivity contribution in [2.24, 2.45) is 0 Å². The van der Waals surface area contributed by atoms with Gasteiger partial charge < -0.3 is 10.4 Å². The van der Waals surface area contributed by atoms with Crippen LogP contribution in [0.4, 0.5) is 0 Å². The van der Waals surface area contributed by atoms with Gasteiger partial charge in [0.1, 0.15) is 0 Å². The highest BCUT2D eigenvalue weighted by atomic mass is 16.4. The third-order valence-electron chi connectivity index (χ3n) is 2.25. The zero-order valence-corrected chi connectivity index (χ0v) is 9.37. The lowest BCUT2D eigenvalue weighted by atomic mass is 10.1. The molecular weight excluding hydrogens is 190 g/mol. The molecule has 1 aromatic rings. The van der Waals surface area contributed by atoms with Gasteiger partial charge in [-0.3, -0.25) is 0 Å². The SMILES string of the molecule is Cc1ccc(CNC(C)C)cc1C(=O)O. The predicted molar refractivity (Wildman–Crippen MR) is 60.1 cm³/mol. The monoisotopic (exact) mass is 207 g/mol. The molecule has 15 heavy (non-hydrogen) atoms. The third kappa shape index (κ3) is 3.36. The number of aromatic carboxylic acids is 1. The largest absolute Gasteiger partial charge is 0.478 e. The molecule has 0 spiro atoms.